The zero-order valence-corrected chi connectivity index (χ0v) is 15.5. The van der Waals surface area contributed by atoms with E-state index in [1.54, 1.807) is 7.11 Å². The predicted molar refractivity (Wildman–Crippen MR) is 101 cm³/mol. The summed E-state index contributed by atoms with van der Waals surface area (Å²) in [6.45, 7) is 7.79. The number of hydrogen-bond donors (Lipinski definition) is 0. The number of methoxy groups -OCH3 is 1. The fourth-order valence-electron chi connectivity index (χ4n) is 3.43. The van der Waals surface area contributed by atoms with Crippen molar-refractivity contribution in [2.24, 2.45) is 5.92 Å². The van der Waals surface area contributed by atoms with Crippen molar-refractivity contribution in [3.8, 4) is 17.1 Å². The molecule has 0 amide bonds. The summed E-state index contributed by atoms with van der Waals surface area (Å²) in [6.07, 6.45) is 5.21. The second-order valence-electron chi connectivity index (χ2n) is 6.89. The third-order valence-electron chi connectivity index (χ3n) is 4.91. The molecule has 5 heteroatoms. The summed E-state index contributed by atoms with van der Waals surface area (Å²) in [7, 11) is 3.88. The molecule has 0 radical (unpaired) electrons. The predicted octanol–water partition coefficient (Wildman–Crippen LogP) is 2.93. The van der Waals surface area contributed by atoms with Crippen molar-refractivity contribution < 1.29 is 4.74 Å². The van der Waals surface area contributed by atoms with Gasteiger partial charge in [-0.15, -0.1) is 0 Å². The van der Waals surface area contributed by atoms with Crippen molar-refractivity contribution in [2.45, 2.75) is 19.9 Å². The Kier molecular flexibility index (Phi) is 6.00. The van der Waals surface area contributed by atoms with E-state index < -0.39 is 0 Å². The molecule has 0 spiro atoms. The molecule has 0 bridgehead atoms. The Bertz CT molecular complexity index is 656. The molecule has 1 aromatic heterocycles. The Hall–Kier alpha value is -1.98. The number of ether oxygens (including phenoxy) is 1. The molecule has 1 aliphatic heterocycles. The molecule has 2 heterocycles. The van der Waals surface area contributed by atoms with Crippen molar-refractivity contribution in [1.82, 2.24) is 19.8 Å². The number of likely N-dealkylation sites (tertiary alicyclic amines) is 1. The van der Waals surface area contributed by atoms with Gasteiger partial charge in [0.1, 0.15) is 5.75 Å². The van der Waals surface area contributed by atoms with E-state index in [2.05, 4.69) is 33.7 Å². The second-order valence-corrected chi connectivity index (χ2v) is 6.89. The molecule has 0 unspecified atom stereocenters. The number of hydrogen-bond acceptors (Lipinski definition) is 5. The van der Waals surface area contributed by atoms with Crippen LogP contribution in [0.15, 0.2) is 36.7 Å². The molecule has 0 saturated carbocycles. The highest BCUT2D eigenvalue weighted by molar-refractivity contribution is 5.55. The van der Waals surface area contributed by atoms with Crippen LogP contribution in [0.3, 0.4) is 0 Å². The molecule has 1 atom stereocenters. The van der Waals surface area contributed by atoms with Gasteiger partial charge in [0.2, 0.25) is 0 Å². The van der Waals surface area contributed by atoms with Crippen LogP contribution in [0.4, 0.5) is 0 Å². The summed E-state index contributed by atoms with van der Waals surface area (Å²) >= 11 is 0. The average molecular weight is 340 g/mol. The van der Waals surface area contributed by atoms with Crippen molar-refractivity contribution >= 4 is 0 Å². The van der Waals surface area contributed by atoms with E-state index in [1.165, 1.54) is 25.1 Å². The van der Waals surface area contributed by atoms with E-state index in [0.717, 1.165) is 42.7 Å². The minimum Gasteiger partial charge on any atom is -0.497 e. The lowest BCUT2D eigenvalue weighted by atomic mass is 10.1. The van der Waals surface area contributed by atoms with E-state index in [1.807, 2.05) is 36.7 Å². The molecule has 1 aliphatic rings. The van der Waals surface area contributed by atoms with Crippen molar-refractivity contribution in [1.29, 1.82) is 0 Å². The molecule has 3 rings (SSSR count). The van der Waals surface area contributed by atoms with E-state index in [-0.39, 0.29) is 0 Å². The van der Waals surface area contributed by atoms with Gasteiger partial charge in [-0.3, -0.25) is 4.90 Å². The normalized spacial score (nSPS) is 18.0. The van der Waals surface area contributed by atoms with Gasteiger partial charge in [0.25, 0.3) is 0 Å². The smallest absolute Gasteiger partial charge is 0.159 e. The Balaban J connectivity index is 1.60. The molecule has 2 aromatic rings. The SMILES string of the molecule is CCN(Cc1cnc(-c2ccc(OC)cc2)nc1)C[C@@H]1CCN(C)C1. The molecular weight excluding hydrogens is 312 g/mol. The lowest BCUT2D eigenvalue weighted by molar-refractivity contribution is 0.232. The fraction of sp³-hybridized carbons (Fsp3) is 0.500. The Morgan fingerprint density at radius 2 is 1.92 bits per heavy atom. The third kappa shape index (κ3) is 4.77. The van der Waals surface area contributed by atoms with Crippen molar-refractivity contribution in [3.05, 3.63) is 42.2 Å². The van der Waals surface area contributed by atoms with E-state index in [4.69, 9.17) is 4.74 Å². The standard InChI is InChI=1S/C20H28N4O/c1-4-24(14-16-9-10-23(2)13-16)15-17-11-21-20(22-12-17)18-5-7-19(25-3)8-6-18/h5-8,11-12,16H,4,9-10,13-15H2,1-3H3/t16-/m1/s1. The second kappa shape index (κ2) is 8.41. The summed E-state index contributed by atoms with van der Waals surface area (Å²) in [6, 6.07) is 7.85. The van der Waals surface area contributed by atoms with Crippen LogP contribution in [0, 0.1) is 5.92 Å². The summed E-state index contributed by atoms with van der Waals surface area (Å²) in [5.74, 6) is 2.38. The van der Waals surface area contributed by atoms with Crippen LogP contribution in [0.1, 0.15) is 18.9 Å². The molecular formula is C20H28N4O. The molecule has 5 nitrogen and oxygen atoms in total. The minimum absolute atomic E-state index is 0.756. The molecule has 25 heavy (non-hydrogen) atoms. The Morgan fingerprint density at radius 3 is 2.48 bits per heavy atom. The van der Waals surface area contributed by atoms with Gasteiger partial charge < -0.3 is 9.64 Å². The first-order valence-electron chi connectivity index (χ1n) is 9.04. The number of benzene rings is 1. The van der Waals surface area contributed by atoms with Gasteiger partial charge in [0.05, 0.1) is 7.11 Å². The van der Waals surface area contributed by atoms with Gasteiger partial charge in [0.15, 0.2) is 5.82 Å². The highest BCUT2D eigenvalue weighted by atomic mass is 16.5. The molecule has 0 N–H and O–H groups in total. The maximum atomic E-state index is 5.19. The maximum absolute atomic E-state index is 5.19. The summed E-state index contributed by atoms with van der Waals surface area (Å²) in [4.78, 5) is 14.0. The summed E-state index contributed by atoms with van der Waals surface area (Å²) in [5.41, 5.74) is 2.18. The van der Waals surface area contributed by atoms with E-state index in [0.29, 0.717) is 0 Å². The van der Waals surface area contributed by atoms with Gasteiger partial charge >= 0.3 is 0 Å². The van der Waals surface area contributed by atoms with Crippen LogP contribution in [-0.4, -0.2) is 60.1 Å². The number of aromatic nitrogens is 2. The topological polar surface area (TPSA) is 41.5 Å². The maximum Gasteiger partial charge on any atom is 0.159 e. The zero-order valence-electron chi connectivity index (χ0n) is 15.5. The van der Waals surface area contributed by atoms with Gasteiger partial charge in [-0.25, -0.2) is 9.97 Å². The van der Waals surface area contributed by atoms with Crippen LogP contribution in [0.25, 0.3) is 11.4 Å². The third-order valence-corrected chi connectivity index (χ3v) is 4.91. The van der Waals surface area contributed by atoms with E-state index in [9.17, 15) is 0 Å². The van der Waals surface area contributed by atoms with Crippen molar-refractivity contribution in [3.63, 3.8) is 0 Å². The first-order valence-corrected chi connectivity index (χ1v) is 9.04. The number of rotatable bonds is 7. The minimum atomic E-state index is 0.756. The summed E-state index contributed by atoms with van der Waals surface area (Å²) in [5, 5.41) is 0. The Labute approximate surface area is 150 Å². The average Bonchev–Trinajstić information content (AvgIpc) is 3.06. The van der Waals surface area contributed by atoms with Gasteiger partial charge in [0, 0.05) is 43.2 Å². The van der Waals surface area contributed by atoms with Crippen molar-refractivity contribution in [2.75, 3.05) is 40.3 Å². The highest BCUT2D eigenvalue weighted by Gasteiger charge is 2.21. The van der Waals surface area contributed by atoms with Crippen LogP contribution in [0.2, 0.25) is 0 Å². The monoisotopic (exact) mass is 340 g/mol. The van der Waals surface area contributed by atoms with Crippen LogP contribution in [0.5, 0.6) is 5.75 Å². The molecule has 1 saturated heterocycles. The zero-order chi connectivity index (χ0) is 17.6. The fourth-order valence-corrected chi connectivity index (χ4v) is 3.43. The summed E-state index contributed by atoms with van der Waals surface area (Å²) < 4.78 is 5.19. The first kappa shape index (κ1) is 17.8. The highest BCUT2D eigenvalue weighted by Crippen LogP contribution is 2.20. The number of nitrogens with zero attached hydrogens (tertiary/aromatic N) is 4. The first-order chi connectivity index (χ1) is 12.2. The Morgan fingerprint density at radius 1 is 1.20 bits per heavy atom. The molecule has 1 fully saturated rings. The largest absolute Gasteiger partial charge is 0.497 e. The molecule has 1 aromatic carbocycles. The lowest BCUT2D eigenvalue weighted by Crippen LogP contribution is -2.30. The van der Waals surface area contributed by atoms with Crippen LogP contribution in [-0.2, 0) is 6.54 Å². The van der Waals surface area contributed by atoms with Crippen LogP contribution < -0.4 is 4.74 Å². The lowest BCUT2D eigenvalue weighted by Gasteiger charge is -2.23. The quantitative estimate of drug-likeness (QED) is 0.775. The van der Waals surface area contributed by atoms with E-state index >= 15 is 0 Å². The van der Waals surface area contributed by atoms with Gasteiger partial charge in [-0.1, -0.05) is 6.92 Å². The van der Waals surface area contributed by atoms with Gasteiger partial charge in [-0.05, 0) is 56.7 Å². The van der Waals surface area contributed by atoms with Crippen LogP contribution >= 0.6 is 0 Å². The van der Waals surface area contributed by atoms with Gasteiger partial charge in [-0.2, -0.15) is 0 Å². The molecule has 134 valence electrons. The molecule has 0 aliphatic carbocycles.